The number of fused-ring (bicyclic) bond motifs is 1. The molecule has 0 spiro atoms. The van der Waals surface area contributed by atoms with Crippen molar-refractivity contribution in [2.24, 2.45) is 5.92 Å². The minimum absolute atomic E-state index is 0.137. The van der Waals surface area contributed by atoms with Gasteiger partial charge in [-0.3, -0.25) is 9.59 Å². The summed E-state index contributed by atoms with van der Waals surface area (Å²) >= 11 is 0. The number of hydrogen-bond acceptors (Lipinski definition) is 3. The number of hydrogen-bond donors (Lipinski definition) is 1. The fraction of sp³-hybridized carbons (Fsp3) is 0.636. The van der Waals surface area contributed by atoms with Crippen LogP contribution in [0.3, 0.4) is 0 Å². The van der Waals surface area contributed by atoms with Crippen molar-refractivity contribution in [3.63, 3.8) is 0 Å². The Hall–Kier alpha value is -2.04. The molecule has 0 radical (unpaired) electrons. The van der Waals surface area contributed by atoms with E-state index in [1.165, 1.54) is 19.3 Å². The summed E-state index contributed by atoms with van der Waals surface area (Å²) in [6, 6.07) is 6.57. The van der Waals surface area contributed by atoms with Gasteiger partial charge in [0.25, 0.3) is 0 Å². The fourth-order valence-electron chi connectivity index (χ4n) is 4.18. The molecule has 0 saturated heterocycles. The highest BCUT2D eigenvalue weighted by Crippen LogP contribution is 2.29. The Balaban J connectivity index is 1.39. The topological polar surface area (TPSA) is 58.6 Å². The first-order chi connectivity index (χ1) is 13.2. The molecule has 0 bridgehead atoms. The molecule has 2 amide bonds. The zero-order valence-electron chi connectivity index (χ0n) is 16.0. The summed E-state index contributed by atoms with van der Waals surface area (Å²) in [5.74, 6) is 1.49. The Bertz CT molecular complexity index is 693. The summed E-state index contributed by atoms with van der Waals surface area (Å²) in [5, 5.41) is 3.04. The molecule has 2 saturated carbocycles. The second-order valence-corrected chi connectivity index (χ2v) is 8.23. The SMILES string of the molecule is O=C(CCc1ccc2c(c1)CN(C(=O)C1CCCCC1)CCO2)NC1CC1. The van der Waals surface area contributed by atoms with Crippen LogP contribution in [0.1, 0.15) is 62.5 Å². The van der Waals surface area contributed by atoms with Crippen LogP contribution >= 0.6 is 0 Å². The molecule has 2 fully saturated rings. The second kappa shape index (κ2) is 8.32. The van der Waals surface area contributed by atoms with Gasteiger partial charge in [-0.15, -0.1) is 0 Å². The van der Waals surface area contributed by atoms with Gasteiger partial charge in [0.1, 0.15) is 12.4 Å². The maximum Gasteiger partial charge on any atom is 0.226 e. The number of benzene rings is 1. The molecule has 0 atom stereocenters. The van der Waals surface area contributed by atoms with Crippen molar-refractivity contribution in [2.75, 3.05) is 13.2 Å². The second-order valence-electron chi connectivity index (χ2n) is 8.23. The Morgan fingerprint density at radius 1 is 1.11 bits per heavy atom. The molecule has 1 aliphatic heterocycles. The van der Waals surface area contributed by atoms with Crippen LogP contribution in [0.15, 0.2) is 18.2 Å². The lowest BCUT2D eigenvalue weighted by Gasteiger charge is -2.28. The van der Waals surface area contributed by atoms with Crippen LogP contribution in [0.25, 0.3) is 0 Å². The predicted octanol–water partition coefficient (Wildman–Crippen LogP) is 3.20. The number of nitrogens with zero attached hydrogens (tertiary/aromatic N) is 1. The first-order valence-corrected chi connectivity index (χ1v) is 10.5. The molecular weight excluding hydrogens is 340 g/mol. The first-order valence-electron chi connectivity index (χ1n) is 10.5. The van der Waals surface area contributed by atoms with Crippen LogP contribution in [0, 0.1) is 5.92 Å². The molecule has 1 aromatic carbocycles. The van der Waals surface area contributed by atoms with E-state index in [4.69, 9.17) is 4.74 Å². The Morgan fingerprint density at radius 2 is 1.93 bits per heavy atom. The zero-order chi connectivity index (χ0) is 18.6. The van der Waals surface area contributed by atoms with E-state index in [1.54, 1.807) is 0 Å². The monoisotopic (exact) mass is 370 g/mol. The van der Waals surface area contributed by atoms with Gasteiger partial charge in [0, 0.05) is 30.5 Å². The van der Waals surface area contributed by atoms with Gasteiger partial charge in [-0.05, 0) is 43.7 Å². The fourth-order valence-corrected chi connectivity index (χ4v) is 4.18. The summed E-state index contributed by atoms with van der Waals surface area (Å²) in [6.45, 7) is 1.82. The van der Waals surface area contributed by atoms with Crippen LogP contribution in [0.2, 0.25) is 0 Å². The molecule has 0 aromatic heterocycles. The van der Waals surface area contributed by atoms with E-state index >= 15 is 0 Å². The third kappa shape index (κ3) is 4.82. The molecule has 5 nitrogen and oxygen atoms in total. The predicted molar refractivity (Wildman–Crippen MR) is 103 cm³/mol. The highest BCUT2D eigenvalue weighted by Gasteiger charge is 2.28. The molecule has 0 unspecified atom stereocenters. The van der Waals surface area contributed by atoms with Crippen molar-refractivity contribution in [3.05, 3.63) is 29.3 Å². The molecule has 2 aliphatic carbocycles. The van der Waals surface area contributed by atoms with E-state index in [0.717, 1.165) is 49.0 Å². The van der Waals surface area contributed by atoms with Crippen LogP contribution in [0.5, 0.6) is 5.75 Å². The van der Waals surface area contributed by atoms with Crippen molar-refractivity contribution < 1.29 is 14.3 Å². The molecule has 4 rings (SSSR count). The van der Waals surface area contributed by atoms with E-state index < -0.39 is 0 Å². The summed E-state index contributed by atoms with van der Waals surface area (Å²) in [7, 11) is 0. The molecule has 146 valence electrons. The van der Waals surface area contributed by atoms with Gasteiger partial charge in [-0.1, -0.05) is 31.4 Å². The first kappa shape index (κ1) is 18.3. The quantitative estimate of drug-likeness (QED) is 0.866. The lowest BCUT2D eigenvalue weighted by molar-refractivity contribution is -0.137. The lowest BCUT2D eigenvalue weighted by Crippen LogP contribution is -2.37. The van der Waals surface area contributed by atoms with Crippen LogP contribution in [0.4, 0.5) is 0 Å². The molecule has 1 N–H and O–H groups in total. The maximum atomic E-state index is 12.9. The van der Waals surface area contributed by atoms with Crippen LogP contribution in [-0.2, 0) is 22.6 Å². The number of carbonyl (C=O) groups excluding carboxylic acids is 2. The lowest BCUT2D eigenvalue weighted by atomic mass is 9.88. The normalized spacial score (nSPS) is 20.4. The van der Waals surface area contributed by atoms with E-state index in [9.17, 15) is 9.59 Å². The van der Waals surface area contributed by atoms with E-state index in [1.807, 2.05) is 17.0 Å². The molecule has 27 heavy (non-hydrogen) atoms. The number of aryl methyl sites for hydroxylation is 1. The van der Waals surface area contributed by atoms with Crippen LogP contribution in [-0.4, -0.2) is 35.9 Å². The maximum absolute atomic E-state index is 12.9. The van der Waals surface area contributed by atoms with Gasteiger partial charge in [-0.25, -0.2) is 0 Å². The van der Waals surface area contributed by atoms with E-state index in [2.05, 4.69) is 11.4 Å². The average Bonchev–Trinajstić information content (AvgIpc) is 3.52. The van der Waals surface area contributed by atoms with Gasteiger partial charge in [0.2, 0.25) is 11.8 Å². The largest absolute Gasteiger partial charge is 0.491 e. The number of amides is 2. The van der Waals surface area contributed by atoms with Gasteiger partial charge in [0.05, 0.1) is 6.54 Å². The van der Waals surface area contributed by atoms with Crippen LogP contribution < -0.4 is 10.1 Å². The standard InChI is InChI=1S/C22H30N2O3/c25-21(23-19-8-9-19)11-7-16-6-10-20-18(14-16)15-24(12-13-27-20)22(26)17-4-2-1-3-5-17/h6,10,14,17,19H,1-5,7-9,11-13,15H2,(H,23,25). The van der Waals surface area contributed by atoms with Crippen molar-refractivity contribution >= 4 is 11.8 Å². The molecule has 1 heterocycles. The van der Waals surface area contributed by atoms with E-state index in [0.29, 0.717) is 38.1 Å². The average molecular weight is 370 g/mol. The Morgan fingerprint density at radius 3 is 2.70 bits per heavy atom. The third-order valence-corrected chi connectivity index (χ3v) is 5.95. The van der Waals surface area contributed by atoms with Gasteiger partial charge in [-0.2, -0.15) is 0 Å². The summed E-state index contributed by atoms with van der Waals surface area (Å²) < 4.78 is 5.88. The highest BCUT2D eigenvalue weighted by molar-refractivity contribution is 5.79. The molecule has 1 aromatic rings. The van der Waals surface area contributed by atoms with Crippen molar-refractivity contribution in [2.45, 2.75) is 70.4 Å². The van der Waals surface area contributed by atoms with Crippen molar-refractivity contribution in [1.29, 1.82) is 0 Å². The summed E-state index contributed by atoms with van der Waals surface area (Å²) in [4.78, 5) is 26.9. The zero-order valence-corrected chi connectivity index (χ0v) is 16.0. The molecular formula is C22H30N2O3. The van der Waals surface area contributed by atoms with Gasteiger partial charge < -0.3 is 15.0 Å². The van der Waals surface area contributed by atoms with E-state index in [-0.39, 0.29) is 11.8 Å². The number of rotatable bonds is 5. The third-order valence-electron chi connectivity index (χ3n) is 5.95. The summed E-state index contributed by atoms with van der Waals surface area (Å²) in [5.41, 5.74) is 2.20. The summed E-state index contributed by atoms with van der Waals surface area (Å²) in [6.07, 6.45) is 9.13. The number of ether oxygens (including phenoxy) is 1. The minimum atomic E-state index is 0.137. The molecule has 3 aliphatic rings. The smallest absolute Gasteiger partial charge is 0.226 e. The number of carbonyl (C=O) groups is 2. The van der Waals surface area contributed by atoms with Gasteiger partial charge in [0.15, 0.2) is 0 Å². The van der Waals surface area contributed by atoms with Gasteiger partial charge >= 0.3 is 0 Å². The Labute approximate surface area is 161 Å². The Kier molecular flexibility index (Phi) is 5.65. The molecule has 5 heteroatoms. The number of nitrogens with one attached hydrogen (secondary N) is 1. The highest BCUT2D eigenvalue weighted by atomic mass is 16.5. The van der Waals surface area contributed by atoms with Crippen molar-refractivity contribution in [1.82, 2.24) is 10.2 Å². The van der Waals surface area contributed by atoms with Crippen molar-refractivity contribution in [3.8, 4) is 5.75 Å². The minimum Gasteiger partial charge on any atom is -0.491 e.